The molecule has 0 spiro atoms. The van der Waals surface area contributed by atoms with Crippen molar-refractivity contribution in [2.45, 2.75) is 30.7 Å². The molecule has 1 unspecified atom stereocenters. The fraction of sp³-hybridized carbons (Fsp3) is 0.480. The van der Waals surface area contributed by atoms with Gasteiger partial charge in [0.05, 0.1) is 24.2 Å². The number of carbonyl (C=O) groups is 1. The fourth-order valence-corrected chi connectivity index (χ4v) is 5.97. The number of morpholine rings is 1. The lowest BCUT2D eigenvalue weighted by molar-refractivity contribution is 0.0162. The third-order valence-electron chi connectivity index (χ3n) is 6.67. The number of hydrogen-bond acceptors (Lipinski definition) is 5. The Hall–Kier alpha value is -2.33. The molecule has 7 nitrogen and oxygen atoms in total. The maximum Gasteiger partial charge on any atom is 0.251 e. The summed E-state index contributed by atoms with van der Waals surface area (Å²) in [5.41, 5.74) is 1.17. The molecular formula is C25H32FN3O4S. The molecule has 0 radical (unpaired) electrons. The molecule has 0 aromatic heterocycles. The van der Waals surface area contributed by atoms with E-state index in [0.29, 0.717) is 57.4 Å². The van der Waals surface area contributed by atoms with Gasteiger partial charge >= 0.3 is 0 Å². The number of nitrogens with one attached hydrogen (secondary N) is 1. The highest BCUT2D eigenvalue weighted by atomic mass is 32.2. The summed E-state index contributed by atoms with van der Waals surface area (Å²) in [5, 5.41) is 2.94. The number of hydrogen-bond donors (Lipinski definition) is 1. The largest absolute Gasteiger partial charge is 0.379 e. The maximum atomic E-state index is 13.9. The van der Waals surface area contributed by atoms with Crippen molar-refractivity contribution in [1.82, 2.24) is 14.5 Å². The topological polar surface area (TPSA) is 79.0 Å². The van der Waals surface area contributed by atoms with Gasteiger partial charge in [-0.15, -0.1) is 0 Å². The van der Waals surface area contributed by atoms with E-state index < -0.39 is 10.0 Å². The smallest absolute Gasteiger partial charge is 0.251 e. The number of carbonyl (C=O) groups excluding carboxylic acids is 1. The van der Waals surface area contributed by atoms with Gasteiger partial charge in [-0.3, -0.25) is 9.69 Å². The van der Waals surface area contributed by atoms with Crippen LogP contribution in [-0.2, 0) is 14.8 Å². The lowest BCUT2D eigenvalue weighted by Crippen LogP contribution is -2.43. The number of sulfonamides is 1. The molecule has 2 aliphatic rings. The Bertz CT molecular complexity index is 1080. The quantitative estimate of drug-likeness (QED) is 0.647. The molecule has 2 fully saturated rings. The number of amides is 1. The zero-order valence-corrected chi connectivity index (χ0v) is 20.3. The van der Waals surface area contributed by atoms with Gasteiger partial charge in [0, 0.05) is 38.3 Å². The first-order valence-electron chi connectivity index (χ1n) is 11.8. The van der Waals surface area contributed by atoms with Gasteiger partial charge in [-0.05, 0) is 60.7 Å². The summed E-state index contributed by atoms with van der Waals surface area (Å²) in [6, 6.07) is 12.3. The number of piperidine rings is 1. The van der Waals surface area contributed by atoms with E-state index in [4.69, 9.17) is 4.74 Å². The van der Waals surface area contributed by atoms with Crippen molar-refractivity contribution in [2.24, 2.45) is 5.92 Å². The van der Waals surface area contributed by atoms with Crippen LogP contribution in [0.2, 0.25) is 0 Å². The Kier molecular flexibility index (Phi) is 7.98. The number of rotatable bonds is 7. The van der Waals surface area contributed by atoms with E-state index in [1.165, 1.54) is 28.6 Å². The second-order valence-electron chi connectivity index (χ2n) is 9.04. The maximum absolute atomic E-state index is 13.9. The van der Waals surface area contributed by atoms with Crippen LogP contribution in [0.3, 0.4) is 0 Å². The number of benzene rings is 2. The minimum Gasteiger partial charge on any atom is -0.379 e. The van der Waals surface area contributed by atoms with Crippen LogP contribution >= 0.6 is 0 Å². The van der Waals surface area contributed by atoms with Crippen molar-refractivity contribution in [3.05, 3.63) is 65.5 Å². The van der Waals surface area contributed by atoms with Gasteiger partial charge in [0.2, 0.25) is 10.0 Å². The second-order valence-corrected chi connectivity index (χ2v) is 11.0. The van der Waals surface area contributed by atoms with Crippen LogP contribution in [0, 0.1) is 11.7 Å². The number of ether oxygens (including phenoxy) is 1. The molecule has 1 N–H and O–H groups in total. The molecular weight excluding hydrogens is 457 g/mol. The van der Waals surface area contributed by atoms with Crippen LogP contribution in [0.1, 0.15) is 41.7 Å². The second kappa shape index (κ2) is 10.9. The SMILES string of the molecule is CC1CCN(S(=O)(=O)c2ccc(C(=O)NCC(c3cccc(F)c3)N3CCOCC3)cc2)CC1. The van der Waals surface area contributed by atoms with Crippen molar-refractivity contribution in [1.29, 1.82) is 0 Å². The average molecular weight is 490 g/mol. The Labute approximate surface area is 200 Å². The Morgan fingerprint density at radius 1 is 1.09 bits per heavy atom. The minimum absolute atomic E-state index is 0.190. The summed E-state index contributed by atoms with van der Waals surface area (Å²) in [7, 11) is -3.56. The first-order valence-corrected chi connectivity index (χ1v) is 13.2. The van der Waals surface area contributed by atoms with E-state index in [9.17, 15) is 17.6 Å². The molecule has 0 aliphatic carbocycles. The molecule has 1 amide bonds. The molecule has 2 aromatic rings. The summed E-state index contributed by atoms with van der Waals surface area (Å²) in [5.74, 6) is -0.0846. The van der Waals surface area contributed by atoms with E-state index in [1.54, 1.807) is 18.2 Å². The van der Waals surface area contributed by atoms with Crippen LogP contribution in [-0.4, -0.2) is 69.5 Å². The summed E-state index contributed by atoms with van der Waals surface area (Å²) in [4.78, 5) is 15.2. The molecule has 0 saturated carbocycles. The predicted octanol–water partition coefficient (Wildman–Crippen LogP) is 3.05. The fourth-order valence-electron chi connectivity index (χ4n) is 4.50. The Balaban J connectivity index is 1.43. The van der Waals surface area contributed by atoms with Gasteiger partial charge in [-0.2, -0.15) is 4.31 Å². The van der Waals surface area contributed by atoms with Crippen LogP contribution in [0.25, 0.3) is 0 Å². The monoisotopic (exact) mass is 489 g/mol. The summed E-state index contributed by atoms with van der Waals surface area (Å²) >= 11 is 0. The zero-order valence-electron chi connectivity index (χ0n) is 19.5. The highest BCUT2D eigenvalue weighted by molar-refractivity contribution is 7.89. The van der Waals surface area contributed by atoms with Gasteiger partial charge in [0.15, 0.2) is 0 Å². The normalized spacial score (nSPS) is 19.6. The third kappa shape index (κ3) is 5.83. The van der Waals surface area contributed by atoms with Crippen molar-refractivity contribution < 1.29 is 22.3 Å². The van der Waals surface area contributed by atoms with E-state index in [0.717, 1.165) is 18.4 Å². The van der Waals surface area contributed by atoms with Crippen LogP contribution in [0.4, 0.5) is 4.39 Å². The number of halogens is 1. The third-order valence-corrected chi connectivity index (χ3v) is 8.59. The van der Waals surface area contributed by atoms with Gasteiger partial charge < -0.3 is 10.1 Å². The molecule has 2 aromatic carbocycles. The van der Waals surface area contributed by atoms with E-state index in [1.807, 2.05) is 6.07 Å². The standard InChI is InChI=1S/C25H32FN3O4S/c1-19-9-11-29(12-10-19)34(31,32)23-7-5-20(6-8-23)25(30)27-18-24(28-13-15-33-16-14-28)21-3-2-4-22(26)17-21/h2-8,17,19,24H,9-16,18H2,1H3,(H,27,30). The van der Waals surface area contributed by atoms with Gasteiger partial charge in [0.25, 0.3) is 5.91 Å². The Morgan fingerprint density at radius 2 is 1.76 bits per heavy atom. The van der Waals surface area contributed by atoms with Crippen molar-refractivity contribution in [2.75, 3.05) is 45.9 Å². The summed E-state index contributed by atoms with van der Waals surface area (Å²) in [6.45, 7) is 6.04. The van der Waals surface area contributed by atoms with Crippen molar-refractivity contribution in [3.63, 3.8) is 0 Å². The Morgan fingerprint density at radius 3 is 2.41 bits per heavy atom. The molecule has 2 saturated heterocycles. The molecule has 34 heavy (non-hydrogen) atoms. The van der Waals surface area contributed by atoms with Crippen LogP contribution < -0.4 is 5.32 Å². The average Bonchev–Trinajstić information content (AvgIpc) is 2.85. The highest BCUT2D eigenvalue weighted by Gasteiger charge is 2.28. The lowest BCUT2D eigenvalue weighted by atomic mass is 10.0. The van der Waals surface area contributed by atoms with E-state index in [2.05, 4.69) is 17.1 Å². The zero-order chi connectivity index (χ0) is 24.1. The molecule has 2 heterocycles. The minimum atomic E-state index is -3.56. The molecule has 4 rings (SSSR count). The summed E-state index contributed by atoms with van der Waals surface area (Å²) < 4.78 is 46.7. The first kappa shape index (κ1) is 24.8. The highest BCUT2D eigenvalue weighted by Crippen LogP contribution is 2.24. The first-order chi connectivity index (χ1) is 16.3. The van der Waals surface area contributed by atoms with Gasteiger partial charge in [-0.1, -0.05) is 19.1 Å². The molecule has 184 valence electrons. The lowest BCUT2D eigenvalue weighted by Gasteiger charge is -2.35. The molecule has 2 aliphatic heterocycles. The van der Waals surface area contributed by atoms with Crippen LogP contribution in [0.5, 0.6) is 0 Å². The van der Waals surface area contributed by atoms with E-state index >= 15 is 0 Å². The molecule has 9 heteroatoms. The summed E-state index contributed by atoms with van der Waals surface area (Å²) in [6.07, 6.45) is 1.71. The predicted molar refractivity (Wildman–Crippen MR) is 127 cm³/mol. The van der Waals surface area contributed by atoms with Gasteiger partial charge in [0.1, 0.15) is 5.82 Å². The van der Waals surface area contributed by atoms with Crippen LogP contribution in [0.15, 0.2) is 53.4 Å². The van der Waals surface area contributed by atoms with Gasteiger partial charge in [-0.25, -0.2) is 12.8 Å². The number of nitrogens with zero attached hydrogens (tertiary/aromatic N) is 2. The van der Waals surface area contributed by atoms with Crippen molar-refractivity contribution in [3.8, 4) is 0 Å². The molecule has 0 bridgehead atoms. The van der Waals surface area contributed by atoms with Crippen molar-refractivity contribution >= 4 is 15.9 Å². The van der Waals surface area contributed by atoms with E-state index in [-0.39, 0.29) is 22.7 Å². The molecule has 1 atom stereocenters.